The number of carbonyl (C=O) groups is 1. The minimum atomic E-state index is -1.43. The van der Waals surface area contributed by atoms with Gasteiger partial charge in [-0.3, -0.25) is 10.1 Å². The molecule has 8 nitrogen and oxygen atoms in total. The topological polar surface area (TPSA) is 108 Å². The van der Waals surface area contributed by atoms with Crippen LogP contribution in [0.3, 0.4) is 0 Å². The van der Waals surface area contributed by atoms with Crippen LogP contribution in [0.5, 0.6) is 11.5 Å². The predicted octanol–water partition coefficient (Wildman–Crippen LogP) is 5.03. The molecule has 0 radical (unpaired) electrons. The van der Waals surface area contributed by atoms with Gasteiger partial charge in [-0.1, -0.05) is 0 Å². The molecule has 1 atom stereocenters. The van der Waals surface area contributed by atoms with Crippen LogP contribution >= 0.6 is 0 Å². The van der Waals surface area contributed by atoms with Crippen LogP contribution in [0.2, 0.25) is 0 Å². The van der Waals surface area contributed by atoms with E-state index in [1.165, 1.54) is 24.3 Å². The Labute approximate surface area is 188 Å². The summed E-state index contributed by atoms with van der Waals surface area (Å²) in [4.78, 5) is 23.2. The lowest BCUT2D eigenvalue weighted by Gasteiger charge is -2.20. The molecule has 32 heavy (non-hydrogen) atoms. The van der Waals surface area contributed by atoms with E-state index in [1.807, 2.05) is 0 Å². The van der Waals surface area contributed by atoms with E-state index in [1.54, 1.807) is 41.5 Å². The van der Waals surface area contributed by atoms with Crippen molar-refractivity contribution in [1.82, 2.24) is 4.72 Å². The van der Waals surface area contributed by atoms with Crippen LogP contribution in [0.25, 0.3) is 0 Å². The highest BCUT2D eigenvalue weighted by Crippen LogP contribution is 2.34. The first-order valence-corrected chi connectivity index (χ1v) is 11.0. The first-order valence-electron chi connectivity index (χ1n) is 9.81. The van der Waals surface area contributed by atoms with Crippen molar-refractivity contribution in [3.63, 3.8) is 0 Å². The van der Waals surface area contributed by atoms with E-state index in [4.69, 9.17) is 9.47 Å². The van der Waals surface area contributed by atoms with Gasteiger partial charge in [-0.05, 0) is 65.8 Å². The monoisotopic (exact) mass is 466 g/mol. The summed E-state index contributed by atoms with van der Waals surface area (Å²) in [6, 6.07) is 7.27. The van der Waals surface area contributed by atoms with Gasteiger partial charge in [0.15, 0.2) is 0 Å². The fraction of sp³-hybridized carbons (Fsp3) is 0.409. The molecule has 0 saturated heterocycles. The lowest BCUT2D eigenvalue weighted by atomic mass is 10.1. The van der Waals surface area contributed by atoms with Gasteiger partial charge in [-0.2, -0.15) is 0 Å². The number of nitrogens with zero attached hydrogens (tertiary/aromatic N) is 1. The molecule has 2 rings (SSSR count). The highest BCUT2D eigenvalue weighted by Gasteiger charge is 2.24. The molecule has 0 fully saturated rings. The summed E-state index contributed by atoms with van der Waals surface area (Å²) in [5.74, 6) is -1.30. The summed E-state index contributed by atoms with van der Waals surface area (Å²) in [7, 11) is -1.43. The zero-order valence-corrected chi connectivity index (χ0v) is 19.7. The van der Waals surface area contributed by atoms with Crippen molar-refractivity contribution in [2.75, 3.05) is 0 Å². The van der Waals surface area contributed by atoms with Gasteiger partial charge in [0.2, 0.25) is 5.75 Å². The van der Waals surface area contributed by atoms with E-state index in [9.17, 15) is 23.5 Å². The van der Waals surface area contributed by atoms with E-state index in [0.717, 1.165) is 12.1 Å². The Kier molecular flexibility index (Phi) is 7.74. The average molecular weight is 467 g/mol. The Morgan fingerprint density at radius 2 is 1.75 bits per heavy atom. The first-order chi connectivity index (χ1) is 14.7. The minimum Gasteiger partial charge on any atom is -0.456 e. The van der Waals surface area contributed by atoms with E-state index in [0.29, 0.717) is 5.56 Å². The number of esters is 1. The SMILES string of the molecule is CC(C)(C)OC(=O)c1ccc([N+](=O)[O-])c(Oc2ccc(F)cc2CNS(=O)C(C)(C)C)c1. The molecule has 0 saturated carbocycles. The number of hydrogen-bond acceptors (Lipinski definition) is 6. The molecule has 0 aromatic heterocycles. The molecule has 0 aliphatic heterocycles. The predicted molar refractivity (Wildman–Crippen MR) is 119 cm³/mol. The van der Waals surface area contributed by atoms with Crippen LogP contribution in [-0.2, 0) is 22.3 Å². The molecule has 0 aliphatic rings. The molecule has 1 unspecified atom stereocenters. The lowest BCUT2D eigenvalue weighted by Crippen LogP contribution is -2.32. The number of nitrogens with one attached hydrogen (secondary N) is 1. The number of hydrogen-bond donors (Lipinski definition) is 1. The van der Waals surface area contributed by atoms with Crippen LogP contribution in [0.4, 0.5) is 10.1 Å². The average Bonchev–Trinajstić information content (AvgIpc) is 2.65. The van der Waals surface area contributed by atoms with Gasteiger partial charge in [-0.25, -0.2) is 18.1 Å². The zero-order chi connectivity index (χ0) is 24.3. The van der Waals surface area contributed by atoms with Crippen molar-refractivity contribution in [3.05, 3.63) is 63.5 Å². The van der Waals surface area contributed by atoms with Gasteiger partial charge in [-0.15, -0.1) is 0 Å². The highest BCUT2D eigenvalue weighted by atomic mass is 32.2. The first kappa shape index (κ1) is 25.4. The van der Waals surface area contributed by atoms with Crippen LogP contribution in [0, 0.1) is 15.9 Å². The quantitative estimate of drug-likeness (QED) is 0.348. The summed E-state index contributed by atoms with van der Waals surface area (Å²) in [5, 5.41) is 11.5. The van der Waals surface area contributed by atoms with Crippen molar-refractivity contribution in [2.45, 2.75) is 58.4 Å². The smallest absolute Gasteiger partial charge is 0.338 e. The molecule has 0 spiro atoms. The largest absolute Gasteiger partial charge is 0.456 e. The van der Waals surface area contributed by atoms with Gasteiger partial charge < -0.3 is 9.47 Å². The Balaban J connectivity index is 2.40. The van der Waals surface area contributed by atoms with Crippen molar-refractivity contribution in [1.29, 1.82) is 0 Å². The highest BCUT2D eigenvalue weighted by molar-refractivity contribution is 7.84. The van der Waals surface area contributed by atoms with Crippen molar-refractivity contribution < 1.29 is 27.8 Å². The second-order valence-corrected chi connectivity index (χ2v) is 11.0. The van der Waals surface area contributed by atoms with Crippen molar-refractivity contribution in [2.24, 2.45) is 0 Å². The normalized spacial score (nSPS) is 12.8. The fourth-order valence-electron chi connectivity index (χ4n) is 2.47. The third-order valence-corrected chi connectivity index (χ3v) is 5.50. The van der Waals surface area contributed by atoms with Crippen LogP contribution in [0.15, 0.2) is 36.4 Å². The molecule has 0 amide bonds. The minimum absolute atomic E-state index is 0.00344. The number of nitro groups is 1. The van der Waals surface area contributed by atoms with E-state index >= 15 is 0 Å². The molecule has 0 heterocycles. The summed E-state index contributed by atoms with van der Waals surface area (Å²) < 4.78 is 39.4. The molecular weight excluding hydrogens is 439 g/mol. The Bertz CT molecular complexity index is 1040. The number of benzene rings is 2. The Morgan fingerprint density at radius 3 is 2.31 bits per heavy atom. The number of carbonyl (C=O) groups excluding carboxylic acids is 1. The third-order valence-electron chi connectivity index (χ3n) is 3.98. The lowest BCUT2D eigenvalue weighted by molar-refractivity contribution is -0.385. The third kappa shape index (κ3) is 7.10. The second-order valence-electron chi connectivity index (χ2n) is 9.00. The summed E-state index contributed by atoms with van der Waals surface area (Å²) >= 11 is 0. The summed E-state index contributed by atoms with van der Waals surface area (Å²) in [6.45, 7) is 10.4. The molecule has 0 bridgehead atoms. The standard InChI is InChI=1S/C22H27FN2O6S/c1-21(2,3)31-20(26)14-7-9-17(25(27)28)19(12-14)30-18-10-8-16(23)11-15(18)13-24-32(29)22(4,5)6/h7-12,24H,13H2,1-6H3. The van der Waals surface area contributed by atoms with Crippen LogP contribution in [0.1, 0.15) is 57.5 Å². The second kappa shape index (κ2) is 9.74. The van der Waals surface area contributed by atoms with Crippen LogP contribution in [-0.4, -0.2) is 25.4 Å². The maximum atomic E-state index is 13.9. The van der Waals surface area contributed by atoms with Gasteiger partial charge in [0, 0.05) is 24.2 Å². The van der Waals surface area contributed by atoms with Crippen LogP contribution < -0.4 is 9.46 Å². The maximum absolute atomic E-state index is 13.9. The zero-order valence-electron chi connectivity index (χ0n) is 18.9. The Morgan fingerprint density at radius 1 is 1.09 bits per heavy atom. The van der Waals surface area contributed by atoms with Gasteiger partial charge in [0.25, 0.3) is 0 Å². The molecular formula is C22H27FN2O6S. The molecule has 10 heteroatoms. The molecule has 174 valence electrons. The van der Waals surface area contributed by atoms with Gasteiger partial charge in [0.1, 0.15) is 17.2 Å². The number of halogens is 1. The van der Waals surface area contributed by atoms with E-state index in [-0.39, 0.29) is 29.3 Å². The van der Waals surface area contributed by atoms with Gasteiger partial charge >= 0.3 is 11.7 Å². The van der Waals surface area contributed by atoms with Crippen molar-refractivity contribution in [3.8, 4) is 11.5 Å². The molecule has 1 N–H and O–H groups in total. The molecule has 2 aromatic carbocycles. The van der Waals surface area contributed by atoms with Gasteiger partial charge in [0.05, 0.1) is 26.2 Å². The number of rotatable bonds is 7. The van der Waals surface area contributed by atoms with E-state index in [2.05, 4.69) is 4.72 Å². The fourth-order valence-corrected chi connectivity index (χ4v) is 3.19. The summed E-state index contributed by atoms with van der Waals surface area (Å²) in [5.41, 5.74) is -0.757. The molecule has 2 aromatic rings. The van der Waals surface area contributed by atoms with Crippen molar-refractivity contribution >= 4 is 22.6 Å². The maximum Gasteiger partial charge on any atom is 0.338 e. The number of nitro benzene ring substituents is 1. The van der Waals surface area contributed by atoms with E-state index < -0.39 is 38.0 Å². The Hall–Kier alpha value is -2.85. The number of ether oxygens (including phenoxy) is 2. The molecule has 0 aliphatic carbocycles. The summed E-state index contributed by atoms with van der Waals surface area (Å²) in [6.07, 6.45) is 0.